The molecule has 5 heteroatoms. The Balaban J connectivity index is 1.94. The Morgan fingerprint density at radius 2 is 1.91 bits per heavy atom. The first-order chi connectivity index (χ1) is 10.6. The van der Waals surface area contributed by atoms with Crippen LogP contribution in [-0.2, 0) is 9.53 Å². The summed E-state index contributed by atoms with van der Waals surface area (Å²) < 4.78 is 15.2. The van der Waals surface area contributed by atoms with Crippen molar-refractivity contribution in [3.63, 3.8) is 0 Å². The minimum absolute atomic E-state index is 0.276. The van der Waals surface area contributed by atoms with Crippen LogP contribution in [0.2, 0.25) is 0 Å². The van der Waals surface area contributed by atoms with E-state index in [1.54, 1.807) is 43.5 Å². The van der Waals surface area contributed by atoms with Gasteiger partial charge in [-0.15, -0.1) is 0 Å². The van der Waals surface area contributed by atoms with Crippen molar-refractivity contribution in [2.75, 3.05) is 7.11 Å². The molecule has 0 unspecified atom stereocenters. The maximum Gasteiger partial charge on any atom is 0.331 e. The van der Waals surface area contributed by atoms with Gasteiger partial charge in [0, 0.05) is 11.6 Å². The smallest absolute Gasteiger partial charge is 0.331 e. The lowest BCUT2D eigenvalue weighted by Gasteiger charge is -2.11. The Hall–Kier alpha value is -2.82. The van der Waals surface area contributed by atoms with Gasteiger partial charge in [0.2, 0.25) is 5.78 Å². The maximum absolute atomic E-state index is 12.2. The zero-order valence-corrected chi connectivity index (χ0v) is 12.3. The van der Waals surface area contributed by atoms with Gasteiger partial charge in [-0.1, -0.05) is 0 Å². The highest BCUT2D eigenvalue weighted by Gasteiger charge is 2.18. The Labute approximate surface area is 128 Å². The summed E-state index contributed by atoms with van der Waals surface area (Å²) in [5, 5.41) is 0. The third-order valence-electron chi connectivity index (χ3n) is 2.96. The quantitative estimate of drug-likeness (QED) is 0.466. The molecule has 1 heterocycles. The Kier molecular flexibility index (Phi) is 5.14. The van der Waals surface area contributed by atoms with Gasteiger partial charge in [-0.25, -0.2) is 4.79 Å². The molecule has 114 valence electrons. The molecule has 2 aromatic rings. The van der Waals surface area contributed by atoms with Gasteiger partial charge in [0.1, 0.15) is 11.5 Å². The van der Waals surface area contributed by atoms with E-state index in [0.717, 1.165) is 0 Å². The number of furan rings is 1. The van der Waals surface area contributed by atoms with Gasteiger partial charge in [-0.2, -0.15) is 0 Å². The van der Waals surface area contributed by atoms with E-state index in [9.17, 15) is 9.59 Å². The molecule has 1 aromatic carbocycles. The zero-order chi connectivity index (χ0) is 15.9. The maximum atomic E-state index is 12.2. The van der Waals surface area contributed by atoms with Gasteiger partial charge in [0.15, 0.2) is 6.10 Å². The summed E-state index contributed by atoms with van der Waals surface area (Å²) in [5.41, 5.74) is 0.455. The molecule has 0 fully saturated rings. The molecule has 0 amide bonds. The average molecular weight is 300 g/mol. The number of rotatable bonds is 6. The molecular weight excluding hydrogens is 284 g/mol. The molecule has 22 heavy (non-hydrogen) atoms. The Morgan fingerprint density at radius 1 is 1.18 bits per heavy atom. The second-order valence-corrected chi connectivity index (χ2v) is 4.52. The molecule has 1 aromatic heterocycles. The van der Waals surface area contributed by atoms with E-state index in [4.69, 9.17) is 13.9 Å². The molecule has 0 radical (unpaired) electrons. The second-order valence-electron chi connectivity index (χ2n) is 4.52. The average Bonchev–Trinajstić information content (AvgIpc) is 3.05. The number of esters is 1. The molecule has 2 rings (SSSR count). The standard InChI is InChI=1S/C17H16O5/c1-12(17(19)13-5-7-14(20-2)8-6-13)22-16(18)10-9-15-4-3-11-21-15/h3-12H,1-2H3/b10-9+/t12-/m1/s1. The van der Waals surface area contributed by atoms with Crippen LogP contribution in [0.1, 0.15) is 23.0 Å². The lowest BCUT2D eigenvalue weighted by atomic mass is 10.1. The second kappa shape index (κ2) is 7.26. The number of hydrogen-bond donors (Lipinski definition) is 0. The predicted octanol–water partition coefficient (Wildman–Crippen LogP) is 3.12. The molecule has 0 aliphatic heterocycles. The fourth-order valence-corrected chi connectivity index (χ4v) is 1.79. The Bertz CT molecular complexity index is 653. The number of carbonyl (C=O) groups excluding carboxylic acids is 2. The molecule has 0 bridgehead atoms. The van der Waals surface area contributed by atoms with Crippen molar-refractivity contribution in [1.82, 2.24) is 0 Å². The summed E-state index contributed by atoms with van der Waals surface area (Å²) in [7, 11) is 1.55. The predicted molar refractivity (Wildman–Crippen MR) is 80.6 cm³/mol. The van der Waals surface area contributed by atoms with E-state index in [0.29, 0.717) is 17.1 Å². The van der Waals surface area contributed by atoms with Gasteiger partial charge in [-0.05, 0) is 49.4 Å². The summed E-state index contributed by atoms with van der Waals surface area (Å²) in [6.07, 6.45) is 3.33. The lowest BCUT2D eigenvalue weighted by Crippen LogP contribution is -2.23. The number of benzene rings is 1. The van der Waals surface area contributed by atoms with E-state index < -0.39 is 12.1 Å². The van der Waals surface area contributed by atoms with Crippen LogP contribution in [0.5, 0.6) is 5.75 Å². The number of ketones is 1. The van der Waals surface area contributed by atoms with Crippen molar-refractivity contribution in [2.45, 2.75) is 13.0 Å². The van der Waals surface area contributed by atoms with Crippen LogP contribution >= 0.6 is 0 Å². The normalized spacial score (nSPS) is 12.1. The molecule has 0 spiro atoms. The number of ether oxygens (including phenoxy) is 2. The Morgan fingerprint density at radius 3 is 2.50 bits per heavy atom. The van der Waals surface area contributed by atoms with Crippen molar-refractivity contribution in [1.29, 1.82) is 0 Å². The number of hydrogen-bond acceptors (Lipinski definition) is 5. The van der Waals surface area contributed by atoms with Crippen molar-refractivity contribution in [3.8, 4) is 5.75 Å². The van der Waals surface area contributed by atoms with Crippen LogP contribution < -0.4 is 4.74 Å². The monoisotopic (exact) mass is 300 g/mol. The lowest BCUT2D eigenvalue weighted by molar-refractivity contribution is -0.140. The van der Waals surface area contributed by atoms with Gasteiger partial charge < -0.3 is 13.9 Å². The molecule has 0 N–H and O–H groups in total. The van der Waals surface area contributed by atoms with E-state index in [1.807, 2.05) is 0 Å². The molecule has 1 atom stereocenters. The fraction of sp³-hybridized carbons (Fsp3) is 0.176. The summed E-state index contributed by atoms with van der Waals surface area (Å²) in [6, 6.07) is 10.0. The molecule has 0 aliphatic carbocycles. The van der Waals surface area contributed by atoms with Gasteiger partial charge in [0.25, 0.3) is 0 Å². The summed E-state index contributed by atoms with van der Waals surface area (Å²) >= 11 is 0. The van der Waals surface area contributed by atoms with Crippen LogP contribution in [0, 0.1) is 0 Å². The minimum atomic E-state index is -0.873. The molecular formula is C17H16O5. The van der Waals surface area contributed by atoms with Gasteiger partial charge in [0.05, 0.1) is 13.4 Å². The highest BCUT2D eigenvalue weighted by Crippen LogP contribution is 2.14. The fourth-order valence-electron chi connectivity index (χ4n) is 1.79. The van der Waals surface area contributed by atoms with E-state index >= 15 is 0 Å². The number of carbonyl (C=O) groups is 2. The van der Waals surface area contributed by atoms with Crippen molar-refractivity contribution in [3.05, 3.63) is 60.1 Å². The van der Waals surface area contributed by atoms with Gasteiger partial charge in [-0.3, -0.25) is 4.79 Å². The summed E-state index contributed by atoms with van der Waals surface area (Å²) in [6.45, 7) is 1.53. The highest BCUT2D eigenvalue weighted by atomic mass is 16.5. The summed E-state index contributed by atoms with van der Waals surface area (Å²) in [5.74, 6) is 0.307. The van der Waals surface area contributed by atoms with E-state index in [-0.39, 0.29) is 5.78 Å². The third kappa shape index (κ3) is 4.09. The largest absolute Gasteiger partial charge is 0.497 e. The molecule has 0 aliphatic rings. The van der Waals surface area contributed by atoms with Crippen LogP contribution in [0.25, 0.3) is 6.08 Å². The topological polar surface area (TPSA) is 65.7 Å². The first-order valence-corrected chi connectivity index (χ1v) is 6.70. The SMILES string of the molecule is COc1ccc(C(=O)[C@@H](C)OC(=O)/C=C/c2ccco2)cc1. The van der Waals surface area contributed by atoms with E-state index in [1.165, 1.54) is 25.3 Å². The number of methoxy groups -OCH3 is 1. The summed E-state index contributed by atoms with van der Waals surface area (Å²) in [4.78, 5) is 23.8. The minimum Gasteiger partial charge on any atom is -0.497 e. The first kappa shape index (κ1) is 15.6. The van der Waals surface area contributed by atoms with Gasteiger partial charge >= 0.3 is 5.97 Å². The third-order valence-corrected chi connectivity index (χ3v) is 2.96. The van der Waals surface area contributed by atoms with Crippen molar-refractivity contribution in [2.24, 2.45) is 0 Å². The van der Waals surface area contributed by atoms with E-state index in [2.05, 4.69) is 0 Å². The first-order valence-electron chi connectivity index (χ1n) is 6.70. The zero-order valence-electron chi connectivity index (χ0n) is 12.3. The molecule has 0 saturated heterocycles. The van der Waals surface area contributed by atoms with Crippen molar-refractivity contribution < 1.29 is 23.5 Å². The van der Waals surface area contributed by atoms with Crippen LogP contribution in [0.15, 0.2) is 53.2 Å². The highest BCUT2D eigenvalue weighted by molar-refractivity contribution is 6.01. The van der Waals surface area contributed by atoms with Crippen molar-refractivity contribution >= 4 is 17.8 Å². The molecule has 5 nitrogen and oxygen atoms in total. The van der Waals surface area contributed by atoms with Crippen LogP contribution in [0.3, 0.4) is 0 Å². The number of Topliss-reactive ketones (excluding diaryl/α,β-unsaturated/α-hetero) is 1. The van der Waals surface area contributed by atoms with Crippen LogP contribution in [-0.4, -0.2) is 25.0 Å². The molecule has 0 saturated carbocycles. The van der Waals surface area contributed by atoms with Crippen LogP contribution in [0.4, 0.5) is 0 Å².